The molecule has 43 heavy (non-hydrogen) atoms. The highest BCUT2D eigenvalue weighted by Gasteiger charge is 2.60. The summed E-state index contributed by atoms with van der Waals surface area (Å²) in [6, 6.07) is 13.3. The molecule has 4 aromatic rings. The molecule has 2 bridgehead atoms. The molecule has 1 atom stereocenters. The van der Waals surface area contributed by atoms with Gasteiger partial charge in [-0.3, -0.25) is 14.8 Å². The van der Waals surface area contributed by atoms with E-state index in [1.807, 2.05) is 24.3 Å². The summed E-state index contributed by atoms with van der Waals surface area (Å²) >= 11 is 6.89. The van der Waals surface area contributed by atoms with Crippen molar-refractivity contribution < 1.29 is 0 Å². The minimum absolute atomic E-state index is 0.0422. The first kappa shape index (κ1) is 27.6. The van der Waals surface area contributed by atoms with Crippen LogP contribution in [0.3, 0.4) is 0 Å². The van der Waals surface area contributed by atoms with Crippen LogP contribution in [0.5, 0.6) is 0 Å². The van der Waals surface area contributed by atoms with Crippen molar-refractivity contribution in [2.45, 2.75) is 51.6 Å². The van der Waals surface area contributed by atoms with Crippen LogP contribution in [-0.4, -0.2) is 26.6 Å². The van der Waals surface area contributed by atoms with Crippen molar-refractivity contribution in [2.24, 2.45) is 18.4 Å². The number of fused-ring (bicyclic) bond motifs is 2. The van der Waals surface area contributed by atoms with Crippen molar-refractivity contribution in [3.05, 3.63) is 87.1 Å². The Morgan fingerprint density at radius 1 is 1.19 bits per heavy atom. The lowest BCUT2D eigenvalue weighted by Gasteiger charge is -2.64. The smallest absolute Gasteiger partial charge is 0.250 e. The van der Waals surface area contributed by atoms with E-state index in [0.29, 0.717) is 16.1 Å². The summed E-state index contributed by atoms with van der Waals surface area (Å²) in [5.74, 6) is 3.65. The van der Waals surface area contributed by atoms with E-state index in [4.69, 9.17) is 18.0 Å². The number of terminal acetylenes is 1. The van der Waals surface area contributed by atoms with E-state index in [9.17, 15) is 4.79 Å². The third-order valence-corrected chi connectivity index (χ3v) is 9.40. The molecular formula is C34H36ClN7O. The van der Waals surface area contributed by atoms with Crippen LogP contribution >= 0.6 is 11.6 Å². The first-order chi connectivity index (χ1) is 20.5. The first-order valence-electron chi connectivity index (χ1n) is 14.8. The molecule has 4 N–H and O–H groups in total. The summed E-state index contributed by atoms with van der Waals surface area (Å²) in [6.07, 6.45) is 13.4. The molecule has 0 unspecified atom stereocenters. The predicted molar refractivity (Wildman–Crippen MR) is 174 cm³/mol. The SMILES string of the molecule is C#Cc1cnc2c(Cl)cc(N[C@H](C3=CN(C45CC(C4)C5)NN3)c3cccc4c3ccc(=O)n4C)cc2c1NCC(C)(C)C. The molecule has 0 amide bonds. The van der Waals surface area contributed by atoms with E-state index in [-0.39, 0.29) is 22.6 Å². The zero-order valence-electron chi connectivity index (χ0n) is 24.9. The lowest BCUT2D eigenvalue weighted by molar-refractivity contribution is -0.141. The monoisotopic (exact) mass is 593 g/mol. The summed E-state index contributed by atoms with van der Waals surface area (Å²) in [5.41, 5.74) is 13.0. The number of benzene rings is 2. The highest BCUT2D eigenvalue weighted by atomic mass is 35.5. The van der Waals surface area contributed by atoms with Gasteiger partial charge in [0.1, 0.15) is 0 Å². The minimum Gasteiger partial charge on any atom is -0.383 e. The van der Waals surface area contributed by atoms with Crippen molar-refractivity contribution in [3.63, 3.8) is 0 Å². The topological polar surface area (TPSA) is 86.2 Å². The molecule has 4 aliphatic rings. The fraction of sp³-hybridized carbons (Fsp3) is 0.353. The zero-order valence-corrected chi connectivity index (χ0v) is 25.6. The molecule has 3 fully saturated rings. The van der Waals surface area contributed by atoms with Crippen LogP contribution in [0.25, 0.3) is 21.8 Å². The number of aryl methyl sites for hydroxylation is 1. The van der Waals surface area contributed by atoms with E-state index < -0.39 is 0 Å². The second-order valence-corrected chi connectivity index (χ2v) is 13.8. The summed E-state index contributed by atoms with van der Waals surface area (Å²) in [5, 5.41) is 12.0. The molecule has 1 aliphatic heterocycles. The van der Waals surface area contributed by atoms with E-state index in [2.05, 4.69) is 76.6 Å². The molecule has 3 aliphatic carbocycles. The van der Waals surface area contributed by atoms with Crippen molar-refractivity contribution >= 4 is 44.8 Å². The average molecular weight is 594 g/mol. The quantitative estimate of drug-likeness (QED) is 0.194. The van der Waals surface area contributed by atoms with E-state index >= 15 is 0 Å². The van der Waals surface area contributed by atoms with Crippen LogP contribution in [0.15, 0.2) is 65.4 Å². The van der Waals surface area contributed by atoms with E-state index in [0.717, 1.165) is 51.4 Å². The number of aromatic nitrogens is 2. The second kappa shape index (κ2) is 9.94. The second-order valence-electron chi connectivity index (χ2n) is 13.4. The van der Waals surface area contributed by atoms with Crippen LogP contribution in [0.1, 0.15) is 57.2 Å². The van der Waals surface area contributed by atoms with Crippen LogP contribution in [0.2, 0.25) is 5.02 Å². The molecule has 3 heterocycles. The predicted octanol–water partition coefficient (Wildman–Crippen LogP) is 6.05. The lowest BCUT2D eigenvalue weighted by atomic mass is 9.49. The normalized spacial score (nSPS) is 21.4. The molecule has 8 rings (SSSR count). The number of pyridine rings is 2. The van der Waals surface area contributed by atoms with Gasteiger partial charge in [-0.1, -0.05) is 50.4 Å². The van der Waals surface area contributed by atoms with Crippen LogP contribution in [0, 0.1) is 23.7 Å². The van der Waals surface area contributed by atoms with E-state index in [1.165, 1.54) is 19.3 Å². The van der Waals surface area contributed by atoms with Gasteiger partial charge in [0, 0.05) is 48.5 Å². The number of anilines is 2. The highest BCUT2D eigenvalue weighted by Crippen LogP contribution is 2.60. The summed E-state index contributed by atoms with van der Waals surface area (Å²) in [4.78, 5) is 17.1. The molecule has 2 aromatic carbocycles. The van der Waals surface area contributed by atoms with Gasteiger partial charge in [-0.05, 0) is 60.4 Å². The fourth-order valence-electron chi connectivity index (χ4n) is 6.63. The van der Waals surface area contributed by atoms with Gasteiger partial charge in [0.25, 0.3) is 5.56 Å². The molecule has 3 saturated carbocycles. The van der Waals surface area contributed by atoms with Crippen molar-refractivity contribution in [2.75, 3.05) is 17.2 Å². The maximum absolute atomic E-state index is 12.5. The number of nitrogens with one attached hydrogen (secondary N) is 4. The van der Waals surface area contributed by atoms with Crippen molar-refractivity contribution in [1.82, 2.24) is 25.5 Å². The molecule has 0 radical (unpaired) electrons. The summed E-state index contributed by atoms with van der Waals surface area (Å²) in [7, 11) is 1.81. The Hall–Kier alpha value is -4.19. The Kier molecular flexibility index (Phi) is 6.38. The Bertz CT molecular complexity index is 1900. The van der Waals surface area contributed by atoms with Gasteiger partial charge in [0.2, 0.25) is 0 Å². The summed E-state index contributed by atoms with van der Waals surface area (Å²) in [6.45, 7) is 7.26. The van der Waals surface area contributed by atoms with Gasteiger partial charge in [0.05, 0.1) is 44.6 Å². The maximum Gasteiger partial charge on any atom is 0.250 e. The first-order valence-corrected chi connectivity index (χ1v) is 15.1. The standard InChI is InChI=1S/C34H36ClN7O/c1-6-21-17-36-31-25(30(21)37-19-33(2,3)4)12-22(13-26(31)35)38-32(27-18-42(40-39-27)34-14-20(15-34)16-34)24-8-7-9-28-23(24)10-11-29(43)41(28)5/h1,7-13,17-18,20,32,38-40H,14-16,19H2,2-5H3,(H,36,37)/t20?,32-,34?/m0/s1. The van der Waals surface area contributed by atoms with Gasteiger partial charge in [-0.25, -0.2) is 0 Å². The highest BCUT2D eigenvalue weighted by molar-refractivity contribution is 6.35. The molecule has 8 nitrogen and oxygen atoms in total. The van der Waals surface area contributed by atoms with E-state index in [1.54, 1.807) is 23.9 Å². The van der Waals surface area contributed by atoms with Crippen LogP contribution in [-0.2, 0) is 7.05 Å². The van der Waals surface area contributed by atoms with Crippen molar-refractivity contribution in [3.8, 4) is 12.3 Å². The van der Waals surface area contributed by atoms with Gasteiger partial charge >= 0.3 is 0 Å². The number of rotatable bonds is 7. The molecule has 0 spiro atoms. The largest absolute Gasteiger partial charge is 0.383 e. The van der Waals surface area contributed by atoms with Crippen molar-refractivity contribution in [1.29, 1.82) is 0 Å². The number of hydrazine groups is 2. The lowest BCUT2D eigenvalue weighted by Crippen LogP contribution is -2.69. The van der Waals surface area contributed by atoms with Crippen LogP contribution in [0.4, 0.5) is 11.4 Å². The van der Waals surface area contributed by atoms with Gasteiger partial charge in [-0.2, -0.15) is 0 Å². The third-order valence-electron chi connectivity index (χ3n) is 9.12. The number of hydrogen-bond donors (Lipinski definition) is 4. The van der Waals surface area contributed by atoms with Gasteiger partial charge < -0.3 is 20.6 Å². The Labute approximate surface area is 256 Å². The zero-order chi connectivity index (χ0) is 30.1. The maximum atomic E-state index is 12.5. The van der Waals surface area contributed by atoms with Gasteiger partial charge in [-0.15, -0.1) is 12.0 Å². The van der Waals surface area contributed by atoms with Crippen LogP contribution < -0.4 is 27.2 Å². The average Bonchev–Trinajstić information content (AvgIpc) is 3.39. The Balaban J connectivity index is 1.35. The summed E-state index contributed by atoms with van der Waals surface area (Å²) < 4.78 is 1.69. The Morgan fingerprint density at radius 3 is 2.67 bits per heavy atom. The van der Waals surface area contributed by atoms with Gasteiger partial charge in [0.15, 0.2) is 0 Å². The number of nitrogens with zero attached hydrogens (tertiary/aromatic N) is 3. The molecule has 2 aromatic heterocycles. The Morgan fingerprint density at radius 2 is 1.98 bits per heavy atom. The molecule has 0 saturated heterocycles. The molecule has 220 valence electrons. The molecule has 9 heteroatoms. The molecular weight excluding hydrogens is 558 g/mol. The number of hydrogen-bond acceptors (Lipinski definition) is 7. The third kappa shape index (κ3) is 4.68. The minimum atomic E-state index is -0.283. The number of halogens is 1. The fourth-order valence-corrected chi connectivity index (χ4v) is 6.89.